The van der Waals surface area contributed by atoms with Gasteiger partial charge in [0.25, 0.3) is 5.91 Å². The fourth-order valence-corrected chi connectivity index (χ4v) is 2.51. The van der Waals surface area contributed by atoms with Gasteiger partial charge in [0.05, 0.1) is 5.69 Å². The highest BCUT2D eigenvalue weighted by molar-refractivity contribution is 5.98. The Balaban J connectivity index is 1.86. The number of carbonyl (C=O) groups is 2. The zero-order valence-electron chi connectivity index (χ0n) is 12.3. The zero-order valence-corrected chi connectivity index (χ0v) is 12.3. The van der Waals surface area contributed by atoms with E-state index < -0.39 is 18.1 Å². The molecule has 22 heavy (non-hydrogen) atoms. The highest BCUT2D eigenvalue weighted by atomic mass is 16.5. The molecule has 4 N–H and O–H groups in total. The average molecular weight is 305 g/mol. The first kappa shape index (κ1) is 14.6. The van der Waals surface area contributed by atoms with Crippen LogP contribution in [0.2, 0.25) is 0 Å². The second-order valence-electron chi connectivity index (χ2n) is 5.72. The second kappa shape index (κ2) is 5.49. The van der Waals surface area contributed by atoms with Crippen molar-refractivity contribution in [3.05, 3.63) is 18.2 Å². The van der Waals surface area contributed by atoms with Gasteiger partial charge in [0.2, 0.25) is 5.91 Å². The molecule has 2 atom stereocenters. The van der Waals surface area contributed by atoms with E-state index in [4.69, 9.17) is 20.9 Å². The highest BCUT2D eigenvalue weighted by Gasteiger charge is 2.37. The van der Waals surface area contributed by atoms with Gasteiger partial charge in [0, 0.05) is 19.0 Å². The molecule has 1 heterocycles. The number of rotatable bonds is 4. The fraction of sp³-hybridized carbons (Fsp3) is 0.467. The first-order valence-electron chi connectivity index (χ1n) is 7.23. The van der Waals surface area contributed by atoms with Crippen molar-refractivity contribution in [3.63, 3.8) is 0 Å². The summed E-state index contributed by atoms with van der Waals surface area (Å²) in [5, 5.41) is 0. The third-order valence-electron chi connectivity index (χ3n) is 3.95. The van der Waals surface area contributed by atoms with Gasteiger partial charge in [-0.2, -0.15) is 0 Å². The number of amides is 2. The maximum atomic E-state index is 12.1. The first-order chi connectivity index (χ1) is 10.5. The molecule has 1 aromatic carbocycles. The summed E-state index contributed by atoms with van der Waals surface area (Å²) in [4.78, 5) is 25.0. The van der Waals surface area contributed by atoms with E-state index in [-0.39, 0.29) is 18.4 Å². The Morgan fingerprint density at radius 2 is 2.18 bits per heavy atom. The van der Waals surface area contributed by atoms with Crippen LogP contribution in [0.15, 0.2) is 18.2 Å². The predicted molar refractivity (Wildman–Crippen MR) is 79.7 cm³/mol. The normalized spacial score (nSPS) is 22.4. The van der Waals surface area contributed by atoms with Crippen molar-refractivity contribution in [2.24, 2.45) is 17.4 Å². The molecule has 1 aliphatic heterocycles. The molecule has 2 unspecified atom stereocenters. The average Bonchev–Trinajstić information content (AvgIpc) is 3.33. The summed E-state index contributed by atoms with van der Waals surface area (Å²) in [6.45, 7) is 0.127. The van der Waals surface area contributed by atoms with Crippen LogP contribution in [0.25, 0.3) is 0 Å². The molecule has 7 heteroatoms. The summed E-state index contributed by atoms with van der Waals surface area (Å²) in [6, 6.07) is 4.37. The van der Waals surface area contributed by atoms with E-state index in [1.165, 1.54) is 4.90 Å². The third-order valence-corrected chi connectivity index (χ3v) is 3.95. The number of carbonyl (C=O) groups excluding carboxylic acids is 2. The minimum atomic E-state index is -0.702. The van der Waals surface area contributed by atoms with Crippen LogP contribution in [0.1, 0.15) is 12.8 Å². The van der Waals surface area contributed by atoms with Gasteiger partial charge in [0.1, 0.15) is 24.1 Å². The standard InChI is InChI=1S/C15H19N3O4/c1-18-11-6-9(22-13(14(17)19)8-2-3-8)4-5-12(11)21-7-10(16)15(18)20/h4-6,8,10,13H,2-3,7,16H2,1H3,(H2,17,19). The number of primary amides is 1. The van der Waals surface area contributed by atoms with Gasteiger partial charge in [-0.1, -0.05) is 0 Å². The van der Waals surface area contributed by atoms with E-state index in [2.05, 4.69) is 0 Å². The number of fused-ring (bicyclic) bond motifs is 1. The van der Waals surface area contributed by atoms with Crippen LogP contribution in [0.3, 0.4) is 0 Å². The number of benzene rings is 1. The summed E-state index contributed by atoms with van der Waals surface area (Å²) >= 11 is 0. The molecule has 3 rings (SSSR count). The number of likely N-dealkylation sites (N-methyl/N-ethyl adjacent to an activating group) is 1. The Morgan fingerprint density at radius 1 is 1.45 bits per heavy atom. The molecule has 118 valence electrons. The van der Waals surface area contributed by atoms with E-state index in [1.54, 1.807) is 25.2 Å². The second-order valence-corrected chi connectivity index (χ2v) is 5.72. The van der Waals surface area contributed by atoms with Crippen molar-refractivity contribution in [2.45, 2.75) is 25.0 Å². The van der Waals surface area contributed by atoms with Crippen molar-refractivity contribution >= 4 is 17.5 Å². The quantitative estimate of drug-likeness (QED) is 0.815. The Labute approximate surface area is 128 Å². The first-order valence-corrected chi connectivity index (χ1v) is 7.23. The minimum Gasteiger partial charge on any atom is -0.489 e. The van der Waals surface area contributed by atoms with Crippen molar-refractivity contribution in [2.75, 3.05) is 18.6 Å². The number of nitrogens with two attached hydrogens (primary N) is 2. The van der Waals surface area contributed by atoms with E-state index in [9.17, 15) is 9.59 Å². The lowest BCUT2D eigenvalue weighted by Crippen LogP contribution is -2.43. The van der Waals surface area contributed by atoms with Gasteiger partial charge >= 0.3 is 0 Å². The van der Waals surface area contributed by atoms with Crippen LogP contribution >= 0.6 is 0 Å². The summed E-state index contributed by atoms with van der Waals surface area (Å²) in [7, 11) is 1.63. The molecule has 1 aliphatic carbocycles. The fourth-order valence-electron chi connectivity index (χ4n) is 2.51. The Hall–Kier alpha value is -2.28. The van der Waals surface area contributed by atoms with Crippen molar-refractivity contribution < 1.29 is 19.1 Å². The van der Waals surface area contributed by atoms with Gasteiger partial charge in [-0.3, -0.25) is 9.59 Å². The monoisotopic (exact) mass is 305 g/mol. The number of nitrogens with zero attached hydrogens (tertiary/aromatic N) is 1. The van der Waals surface area contributed by atoms with Gasteiger partial charge in [-0.25, -0.2) is 0 Å². The molecule has 0 spiro atoms. The number of hydrogen-bond acceptors (Lipinski definition) is 5. The van der Waals surface area contributed by atoms with Gasteiger partial charge < -0.3 is 25.8 Å². The molecular formula is C15H19N3O4. The molecule has 1 saturated carbocycles. The predicted octanol–water partition coefficient (Wildman–Crippen LogP) is 0.0118. The largest absolute Gasteiger partial charge is 0.489 e. The van der Waals surface area contributed by atoms with Gasteiger partial charge in [0.15, 0.2) is 6.10 Å². The van der Waals surface area contributed by atoms with Crippen LogP contribution in [0.5, 0.6) is 11.5 Å². The maximum Gasteiger partial charge on any atom is 0.258 e. The lowest BCUT2D eigenvalue weighted by molar-refractivity contribution is -0.125. The lowest BCUT2D eigenvalue weighted by Gasteiger charge is -2.20. The van der Waals surface area contributed by atoms with Crippen LogP contribution in [-0.4, -0.2) is 37.6 Å². The van der Waals surface area contributed by atoms with Crippen molar-refractivity contribution in [1.29, 1.82) is 0 Å². The van der Waals surface area contributed by atoms with Crippen molar-refractivity contribution in [3.8, 4) is 11.5 Å². The van der Waals surface area contributed by atoms with Crippen LogP contribution in [0, 0.1) is 5.92 Å². The molecule has 0 radical (unpaired) electrons. The third kappa shape index (κ3) is 2.71. The Bertz CT molecular complexity index is 615. The molecule has 0 bridgehead atoms. The van der Waals surface area contributed by atoms with E-state index in [0.717, 1.165) is 12.8 Å². The van der Waals surface area contributed by atoms with Crippen LogP contribution < -0.4 is 25.8 Å². The van der Waals surface area contributed by atoms with Crippen LogP contribution in [-0.2, 0) is 9.59 Å². The van der Waals surface area contributed by atoms with Crippen molar-refractivity contribution in [1.82, 2.24) is 0 Å². The Kier molecular flexibility index (Phi) is 3.66. The molecule has 0 saturated heterocycles. The molecule has 7 nitrogen and oxygen atoms in total. The molecule has 2 aliphatic rings. The SMILES string of the molecule is CN1C(=O)C(N)COc2ccc(OC(C(N)=O)C3CC3)cc21. The number of ether oxygens (including phenoxy) is 2. The van der Waals surface area contributed by atoms with E-state index in [0.29, 0.717) is 17.2 Å². The maximum absolute atomic E-state index is 12.1. The molecule has 1 aromatic rings. The molecule has 1 fully saturated rings. The summed E-state index contributed by atoms with van der Waals surface area (Å²) in [5.41, 5.74) is 11.7. The van der Waals surface area contributed by atoms with E-state index in [1.807, 2.05) is 0 Å². The summed E-state index contributed by atoms with van der Waals surface area (Å²) in [5.74, 6) is 0.511. The molecule has 0 aromatic heterocycles. The smallest absolute Gasteiger partial charge is 0.258 e. The van der Waals surface area contributed by atoms with Gasteiger partial charge in [-0.05, 0) is 25.0 Å². The Morgan fingerprint density at radius 3 is 2.82 bits per heavy atom. The summed E-state index contributed by atoms with van der Waals surface area (Å²) < 4.78 is 11.3. The summed E-state index contributed by atoms with van der Waals surface area (Å²) in [6.07, 6.45) is 1.25. The number of anilines is 1. The van der Waals surface area contributed by atoms with Crippen LogP contribution in [0.4, 0.5) is 5.69 Å². The molecule has 2 amide bonds. The van der Waals surface area contributed by atoms with Gasteiger partial charge in [-0.15, -0.1) is 0 Å². The van der Waals surface area contributed by atoms with E-state index >= 15 is 0 Å². The topological polar surface area (TPSA) is 108 Å². The minimum absolute atomic E-state index is 0.127. The highest BCUT2D eigenvalue weighted by Crippen LogP contribution is 2.38. The molecular weight excluding hydrogens is 286 g/mol. The zero-order chi connectivity index (χ0) is 15.9. The lowest BCUT2D eigenvalue weighted by atomic mass is 10.2. The number of hydrogen-bond donors (Lipinski definition) is 2.